The van der Waals surface area contributed by atoms with Gasteiger partial charge in [0.05, 0.1) is 15.9 Å². The predicted octanol–water partition coefficient (Wildman–Crippen LogP) is 2.93. The number of carboxylic acids is 1. The van der Waals surface area contributed by atoms with Crippen LogP contribution in [0.25, 0.3) is 0 Å². The average molecular weight is 305 g/mol. The normalized spacial score (nSPS) is 12.0. The van der Waals surface area contributed by atoms with Crippen molar-refractivity contribution in [2.45, 2.75) is 13.8 Å². The third kappa shape index (κ3) is 3.57. The minimum atomic E-state index is -1.03. The molecule has 20 heavy (non-hydrogen) atoms. The van der Waals surface area contributed by atoms with E-state index < -0.39 is 22.6 Å². The van der Waals surface area contributed by atoms with Crippen LogP contribution < -0.4 is 4.90 Å². The second-order valence-corrected chi connectivity index (χ2v) is 4.70. The molecule has 0 aliphatic carbocycles. The summed E-state index contributed by atoms with van der Waals surface area (Å²) in [5, 5.41) is 19.6. The van der Waals surface area contributed by atoms with Gasteiger partial charge in [0.2, 0.25) is 0 Å². The van der Waals surface area contributed by atoms with E-state index in [1.807, 2.05) is 0 Å². The largest absolute Gasteiger partial charge is 0.481 e. The van der Waals surface area contributed by atoms with Crippen molar-refractivity contribution >= 4 is 28.9 Å². The Labute approximate surface area is 119 Å². The molecule has 0 saturated carbocycles. The summed E-state index contributed by atoms with van der Waals surface area (Å²) in [4.78, 5) is 22.6. The zero-order chi connectivity index (χ0) is 15.4. The zero-order valence-corrected chi connectivity index (χ0v) is 11.7. The Balaban J connectivity index is 3.23. The van der Waals surface area contributed by atoms with Gasteiger partial charge >= 0.3 is 5.97 Å². The van der Waals surface area contributed by atoms with E-state index in [-0.39, 0.29) is 22.9 Å². The summed E-state index contributed by atoms with van der Waals surface area (Å²) in [6.45, 7) is 3.52. The average Bonchev–Trinajstić information content (AvgIpc) is 2.38. The number of aliphatic carboxylic acids is 1. The van der Waals surface area contributed by atoms with Crippen LogP contribution in [0.15, 0.2) is 12.1 Å². The molecule has 0 aliphatic heterocycles. The van der Waals surface area contributed by atoms with E-state index in [1.54, 1.807) is 6.92 Å². The molecule has 1 rings (SSSR count). The number of benzene rings is 1. The van der Waals surface area contributed by atoms with E-state index in [9.17, 15) is 19.3 Å². The van der Waals surface area contributed by atoms with Crippen molar-refractivity contribution in [3.05, 3.63) is 33.1 Å². The lowest BCUT2D eigenvalue weighted by Crippen LogP contribution is -2.32. The zero-order valence-electron chi connectivity index (χ0n) is 11.0. The minimum absolute atomic E-state index is 0.0208. The first-order valence-corrected chi connectivity index (χ1v) is 6.26. The van der Waals surface area contributed by atoms with Gasteiger partial charge in [0, 0.05) is 25.2 Å². The topological polar surface area (TPSA) is 83.7 Å². The van der Waals surface area contributed by atoms with E-state index in [2.05, 4.69) is 0 Å². The van der Waals surface area contributed by atoms with Gasteiger partial charge in [-0.25, -0.2) is 4.39 Å². The summed E-state index contributed by atoms with van der Waals surface area (Å²) >= 11 is 5.54. The third-order valence-corrected chi connectivity index (χ3v) is 3.14. The van der Waals surface area contributed by atoms with Crippen molar-refractivity contribution in [1.29, 1.82) is 0 Å². The molecule has 0 spiro atoms. The molecule has 1 N–H and O–H groups in total. The van der Waals surface area contributed by atoms with E-state index in [4.69, 9.17) is 16.7 Å². The number of carbonyl (C=O) groups is 1. The molecule has 0 radical (unpaired) electrons. The van der Waals surface area contributed by atoms with E-state index in [1.165, 1.54) is 11.8 Å². The van der Waals surface area contributed by atoms with Crippen molar-refractivity contribution in [2.75, 3.05) is 18.0 Å². The lowest BCUT2D eigenvalue weighted by Gasteiger charge is -2.24. The number of hydrogen-bond acceptors (Lipinski definition) is 4. The molecule has 0 aliphatic rings. The van der Waals surface area contributed by atoms with Crippen LogP contribution in [-0.2, 0) is 4.79 Å². The summed E-state index contributed by atoms with van der Waals surface area (Å²) in [5.41, 5.74) is -0.330. The smallest absolute Gasteiger partial charge is 0.308 e. The van der Waals surface area contributed by atoms with Gasteiger partial charge in [0.15, 0.2) is 0 Å². The highest BCUT2D eigenvalue weighted by Crippen LogP contribution is 2.33. The summed E-state index contributed by atoms with van der Waals surface area (Å²) in [6.07, 6.45) is 0. The van der Waals surface area contributed by atoms with Crippen LogP contribution in [0.1, 0.15) is 13.8 Å². The fourth-order valence-corrected chi connectivity index (χ4v) is 1.89. The number of nitro benzene ring substituents is 1. The Morgan fingerprint density at radius 2 is 2.20 bits per heavy atom. The van der Waals surface area contributed by atoms with Crippen LogP contribution in [0.2, 0.25) is 5.02 Å². The molecule has 0 fully saturated rings. The van der Waals surface area contributed by atoms with Crippen molar-refractivity contribution in [3.8, 4) is 0 Å². The van der Waals surface area contributed by atoms with E-state index in [0.29, 0.717) is 6.54 Å². The molecule has 6 nitrogen and oxygen atoms in total. The summed E-state index contributed by atoms with van der Waals surface area (Å²) in [6, 6.07) is 1.89. The second kappa shape index (κ2) is 6.51. The standard InChI is InChI=1S/C12H14ClFN2O4/c1-3-15(6-7(2)12(17)18)10-5-9(14)8(13)4-11(10)16(19)20/h4-5,7H,3,6H2,1-2H3,(H,17,18). The molecule has 0 bridgehead atoms. The maximum absolute atomic E-state index is 13.5. The van der Waals surface area contributed by atoms with Crippen molar-refractivity contribution in [3.63, 3.8) is 0 Å². The van der Waals surface area contributed by atoms with E-state index in [0.717, 1.165) is 12.1 Å². The van der Waals surface area contributed by atoms with Gasteiger partial charge in [-0.2, -0.15) is 0 Å². The number of nitro groups is 1. The molecule has 1 aromatic carbocycles. The maximum Gasteiger partial charge on any atom is 0.308 e. The van der Waals surface area contributed by atoms with Crippen LogP contribution in [0.3, 0.4) is 0 Å². The van der Waals surface area contributed by atoms with Gasteiger partial charge in [-0.05, 0) is 6.92 Å². The SMILES string of the molecule is CCN(CC(C)C(=O)O)c1cc(F)c(Cl)cc1[N+](=O)[O-]. The lowest BCUT2D eigenvalue weighted by atomic mass is 10.1. The van der Waals surface area contributed by atoms with Gasteiger partial charge < -0.3 is 10.0 Å². The second-order valence-electron chi connectivity index (χ2n) is 4.29. The number of rotatable bonds is 6. The molecule has 1 atom stereocenters. The van der Waals surface area contributed by atoms with Crippen molar-refractivity contribution < 1.29 is 19.2 Å². The van der Waals surface area contributed by atoms with Crippen molar-refractivity contribution in [2.24, 2.45) is 5.92 Å². The lowest BCUT2D eigenvalue weighted by molar-refractivity contribution is -0.384. The van der Waals surface area contributed by atoms with Gasteiger partial charge in [-0.3, -0.25) is 14.9 Å². The molecule has 1 aromatic rings. The Bertz CT molecular complexity index is 538. The highest BCUT2D eigenvalue weighted by Gasteiger charge is 2.24. The number of nitrogens with zero attached hydrogens (tertiary/aromatic N) is 2. The highest BCUT2D eigenvalue weighted by molar-refractivity contribution is 6.31. The minimum Gasteiger partial charge on any atom is -0.481 e. The summed E-state index contributed by atoms with van der Waals surface area (Å²) in [5.74, 6) is -2.55. The van der Waals surface area contributed by atoms with Crippen LogP contribution in [-0.4, -0.2) is 29.1 Å². The molecular formula is C12H14ClFN2O4. The molecule has 0 aromatic heterocycles. The number of carboxylic acid groups (broad SMARTS) is 1. The van der Waals surface area contributed by atoms with Gasteiger partial charge in [0.1, 0.15) is 11.5 Å². The fraction of sp³-hybridized carbons (Fsp3) is 0.417. The van der Waals surface area contributed by atoms with Crippen molar-refractivity contribution in [1.82, 2.24) is 0 Å². The Morgan fingerprint density at radius 3 is 2.65 bits per heavy atom. The quantitative estimate of drug-likeness (QED) is 0.645. The third-order valence-electron chi connectivity index (χ3n) is 2.85. The molecule has 0 heterocycles. The Morgan fingerprint density at radius 1 is 1.60 bits per heavy atom. The number of anilines is 1. The van der Waals surface area contributed by atoms with Crippen LogP contribution in [0.4, 0.5) is 15.8 Å². The number of hydrogen-bond donors (Lipinski definition) is 1. The molecule has 0 amide bonds. The predicted molar refractivity (Wildman–Crippen MR) is 72.8 cm³/mol. The number of halogens is 2. The van der Waals surface area contributed by atoms with Gasteiger partial charge in [-0.1, -0.05) is 18.5 Å². The first-order chi connectivity index (χ1) is 9.27. The molecular weight excluding hydrogens is 291 g/mol. The fourth-order valence-electron chi connectivity index (χ4n) is 1.73. The molecule has 8 heteroatoms. The van der Waals surface area contributed by atoms with Crippen LogP contribution in [0.5, 0.6) is 0 Å². The summed E-state index contributed by atoms with van der Waals surface area (Å²) < 4.78 is 13.5. The maximum atomic E-state index is 13.5. The van der Waals surface area contributed by atoms with Crippen LogP contribution >= 0.6 is 11.6 Å². The molecule has 0 saturated heterocycles. The first-order valence-electron chi connectivity index (χ1n) is 5.89. The Hall–Kier alpha value is -1.89. The Kier molecular flexibility index (Phi) is 5.26. The monoisotopic (exact) mass is 304 g/mol. The van der Waals surface area contributed by atoms with E-state index >= 15 is 0 Å². The van der Waals surface area contributed by atoms with Gasteiger partial charge in [0.25, 0.3) is 5.69 Å². The highest BCUT2D eigenvalue weighted by atomic mass is 35.5. The molecule has 110 valence electrons. The summed E-state index contributed by atoms with van der Waals surface area (Å²) in [7, 11) is 0. The van der Waals surface area contributed by atoms with Gasteiger partial charge in [-0.15, -0.1) is 0 Å². The molecule has 1 unspecified atom stereocenters. The van der Waals surface area contributed by atoms with Crippen LogP contribution in [0, 0.1) is 21.8 Å². The first kappa shape index (κ1) is 16.2.